The molecule has 0 bridgehead atoms. The molecule has 1 saturated heterocycles. The number of piperazine rings is 1. The van der Waals surface area contributed by atoms with Crippen molar-refractivity contribution in [2.24, 2.45) is 0 Å². The lowest BCUT2D eigenvalue weighted by Crippen LogP contribution is -2.62. The summed E-state index contributed by atoms with van der Waals surface area (Å²) in [7, 11) is 0. The molecular weight excluding hydrogens is 196 g/mol. The van der Waals surface area contributed by atoms with E-state index in [1.54, 1.807) is 5.54 Å². The molecule has 1 N–H and O–H groups in total. The van der Waals surface area contributed by atoms with Gasteiger partial charge in [-0.2, -0.15) is 0 Å². The normalized spacial score (nSPS) is 35.3. The standard InChI is InChI=1S/C11H21ClN2/c1-4-11(3)9-13-10(2)8-14(11)7-5-6-12/h5-6,10,13H,4,7-9H2,1-3H3/b6-5+. The Hall–Kier alpha value is -0.0500. The van der Waals surface area contributed by atoms with E-state index in [0.29, 0.717) is 6.04 Å². The van der Waals surface area contributed by atoms with Crippen molar-refractivity contribution in [2.45, 2.75) is 38.8 Å². The number of hydrogen-bond donors (Lipinski definition) is 1. The zero-order valence-electron chi connectivity index (χ0n) is 9.39. The molecule has 1 fully saturated rings. The summed E-state index contributed by atoms with van der Waals surface area (Å²) in [6, 6.07) is 0.582. The maximum atomic E-state index is 5.57. The predicted molar refractivity (Wildman–Crippen MR) is 62.7 cm³/mol. The molecule has 2 nitrogen and oxygen atoms in total. The van der Waals surface area contributed by atoms with Gasteiger partial charge in [-0.15, -0.1) is 0 Å². The Morgan fingerprint density at radius 1 is 1.64 bits per heavy atom. The fraction of sp³-hybridized carbons (Fsp3) is 0.818. The molecule has 1 heterocycles. The van der Waals surface area contributed by atoms with Gasteiger partial charge in [-0.1, -0.05) is 24.6 Å². The highest BCUT2D eigenvalue weighted by Crippen LogP contribution is 2.22. The molecule has 0 aromatic rings. The number of nitrogens with zero attached hydrogens (tertiary/aromatic N) is 1. The Kier molecular flexibility index (Phi) is 4.42. The molecule has 2 unspecified atom stereocenters. The third-order valence-electron chi connectivity index (χ3n) is 3.27. The lowest BCUT2D eigenvalue weighted by Gasteiger charge is -2.46. The van der Waals surface area contributed by atoms with Crippen LogP contribution < -0.4 is 5.32 Å². The third-order valence-corrected chi connectivity index (χ3v) is 3.44. The summed E-state index contributed by atoms with van der Waals surface area (Å²) in [5.74, 6) is 0. The topological polar surface area (TPSA) is 15.3 Å². The highest BCUT2D eigenvalue weighted by Gasteiger charge is 2.33. The molecule has 0 aliphatic carbocycles. The Labute approximate surface area is 92.3 Å². The first-order chi connectivity index (χ1) is 6.62. The van der Waals surface area contributed by atoms with Crippen LogP contribution in [0.25, 0.3) is 0 Å². The van der Waals surface area contributed by atoms with Crippen LogP contribution in [-0.4, -0.2) is 36.1 Å². The molecule has 0 saturated carbocycles. The van der Waals surface area contributed by atoms with E-state index in [-0.39, 0.29) is 5.54 Å². The Morgan fingerprint density at radius 3 is 2.93 bits per heavy atom. The van der Waals surface area contributed by atoms with Crippen molar-refractivity contribution in [3.8, 4) is 0 Å². The second kappa shape index (κ2) is 5.15. The van der Waals surface area contributed by atoms with Crippen molar-refractivity contribution in [1.82, 2.24) is 10.2 Å². The number of nitrogens with one attached hydrogen (secondary N) is 1. The minimum Gasteiger partial charge on any atom is -0.311 e. The van der Waals surface area contributed by atoms with Gasteiger partial charge in [0, 0.05) is 36.8 Å². The Bertz CT molecular complexity index is 205. The van der Waals surface area contributed by atoms with Gasteiger partial charge in [0.1, 0.15) is 0 Å². The quantitative estimate of drug-likeness (QED) is 0.778. The molecule has 3 heteroatoms. The summed E-state index contributed by atoms with van der Waals surface area (Å²) in [5, 5.41) is 3.53. The van der Waals surface area contributed by atoms with Crippen LogP contribution in [0.1, 0.15) is 27.2 Å². The summed E-state index contributed by atoms with van der Waals surface area (Å²) >= 11 is 5.57. The average Bonchev–Trinajstić information content (AvgIpc) is 2.20. The molecule has 0 aromatic carbocycles. The van der Waals surface area contributed by atoms with Gasteiger partial charge in [0.15, 0.2) is 0 Å². The minimum absolute atomic E-state index is 0.281. The van der Waals surface area contributed by atoms with Gasteiger partial charge < -0.3 is 5.32 Å². The van der Waals surface area contributed by atoms with Crippen LogP contribution in [0.5, 0.6) is 0 Å². The summed E-state index contributed by atoms with van der Waals surface area (Å²) in [5.41, 5.74) is 1.89. The first-order valence-corrected chi connectivity index (χ1v) is 5.79. The molecule has 14 heavy (non-hydrogen) atoms. The largest absolute Gasteiger partial charge is 0.311 e. The van der Waals surface area contributed by atoms with Crippen LogP contribution in [0.15, 0.2) is 11.6 Å². The number of hydrogen-bond acceptors (Lipinski definition) is 2. The van der Waals surface area contributed by atoms with E-state index < -0.39 is 0 Å². The average molecular weight is 217 g/mol. The number of halogens is 1. The molecular formula is C11H21ClN2. The van der Waals surface area contributed by atoms with E-state index in [1.807, 2.05) is 6.08 Å². The van der Waals surface area contributed by atoms with E-state index in [2.05, 4.69) is 31.0 Å². The zero-order valence-corrected chi connectivity index (χ0v) is 10.1. The third kappa shape index (κ3) is 2.72. The maximum Gasteiger partial charge on any atom is 0.0307 e. The van der Waals surface area contributed by atoms with Crippen LogP contribution in [-0.2, 0) is 0 Å². The lowest BCUT2D eigenvalue weighted by molar-refractivity contribution is 0.0645. The van der Waals surface area contributed by atoms with Gasteiger partial charge in [0.25, 0.3) is 0 Å². The molecule has 2 atom stereocenters. The van der Waals surface area contributed by atoms with Gasteiger partial charge in [-0.3, -0.25) is 4.90 Å². The van der Waals surface area contributed by atoms with Crippen molar-refractivity contribution in [3.63, 3.8) is 0 Å². The van der Waals surface area contributed by atoms with Gasteiger partial charge >= 0.3 is 0 Å². The fourth-order valence-corrected chi connectivity index (χ4v) is 2.01. The van der Waals surface area contributed by atoms with Crippen molar-refractivity contribution in [2.75, 3.05) is 19.6 Å². The van der Waals surface area contributed by atoms with Crippen LogP contribution in [0, 0.1) is 0 Å². The molecule has 1 aliphatic heterocycles. The van der Waals surface area contributed by atoms with Crippen LogP contribution >= 0.6 is 11.6 Å². The smallest absolute Gasteiger partial charge is 0.0307 e. The lowest BCUT2D eigenvalue weighted by atomic mass is 9.92. The van der Waals surface area contributed by atoms with Gasteiger partial charge in [-0.25, -0.2) is 0 Å². The summed E-state index contributed by atoms with van der Waals surface area (Å²) in [4.78, 5) is 2.51. The first-order valence-electron chi connectivity index (χ1n) is 5.36. The maximum absolute atomic E-state index is 5.57. The van der Waals surface area contributed by atoms with Gasteiger partial charge in [0.2, 0.25) is 0 Å². The highest BCUT2D eigenvalue weighted by atomic mass is 35.5. The molecule has 82 valence electrons. The van der Waals surface area contributed by atoms with Crippen LogP contribution in [0.4, 0.5) is 0 Å². The second-order valence-electron chi connectivity index (χ2n) is 4.40. The summed E-state index contributed by atoms with van der Waals surface area (Å²) in [6.45, 7) is 9.92. The molecule has 0 radical (unpaired) electrons. The van der Waals surface area contributed by atoms with E-state index in [0.717, 1.165) is 19.6 Å². The molecule has 1 aliphatic rings. The molecule has 1 rings (SSSR count). The Balaban J connectivity index is 2.63. The zero-order chi connectivity index (χ0) is 10.6. The van der Waals surface area contributed by atoms with Crippen LogP contribution in [0.3, 0.4) is 0 Å². The molecule has 0 spiro atoms. The van der Waals surface area contributed by atoms with E-state index in [9.17, 15) is 0 Å². The van der Waals surface area contributed by atoms with E-state index in [1.165, 1.54) is 6.42 Å². The minimum atomic E-state index is 0.281. The number of rotatable bonds is 3. The summed E-state index contributed by atoms with van der Waals surface area (Å²) in [6.07, 6.45) is 3.19. The van der Waals surface area contributed by atoms with Crippen molar-refractivity contribution in [3.05, 3.63) is 11.6 Å². The molecule has 0 amide bonds. The predicted octanol–water partition coefficient (Wildman–Crippen LogP) is 2.20. The monoisotopic (exact) mass is 216 g/mol. The summed E-state index contributed by atoms with van der Waals surface area (Å²) < 4.78 is 0. The van der Waals surface area contributed by atoms with Gasteiger partial charge in [0.05, 0.1) is 0 Å². The van der Waals surface area contributed by atoms with Crippen LogP contribution in [0.2, 0.25) is 0 Å². The van der Waals surface area contributed by atoms with E-state index in [4.69, 9.17) is 11.6 Å². The van der Waals surface area contributed by atoms with Crippen molar-refractivity contribution in [1.29, 1.82) is 0 Å². The van der Waals surface area contributed by atoms with E-state index >= 15 is 0 Å². The Morgan fingerprint density at radius 2 is 2.36 bits per heavy atom. The van der Waals surface area contributed by atoms with Crippen molar-refractivity contribution >= 4 is 11.6 Å². The molecule has 0 aromatic heterocycles. The van der Waals surface area contributed by atoms with Gasteiger partial charge in [-0.05, 0) is 20.3 Å². The fourth-order valence-electron chi connectivity index (χ4n) is 1.93. The highest BCUT2D eigenvalue weighted by molar-refractivity contribution is 6.25. The second-order valence-corrected chi connectivity index (χ2v) is 4.65. The SMILES string of the molecule is CCC1(C)CNC(C)CN1C/C=C/Cl. The van der Waals surface area contributed by atoms with Crippen molar-refractivity contribution < 1.29 is 0 Å². The first kappa shape index (κ1) is 12.0.